The summed E-state index contributed by atoms with van der Waals surface area (Å²) in [6, 6.07) is 10.2. The van der Waals surface area contributed by atoms with Crippen molar-refractivity contribution in [1.82, 2.24) is 4.48 Å². The van der Waals surface area contributed by atoms with E-state index >= 15 is 0 Å². The quantitative estimate of drug-likeness (QED) is 0.124. The van der Waals surface area contributed by atoms with Gasteiger partial charge in [0.05, 0.1) is 17.7 Å². The first kappa shape index (κ1) is 41.7. The van der Waals surface area contributed by atoms with E-state index in [2.05, 4.69) is 0 Å². The lowest BCUT2D eigenvalue weighted by Crippen LogP contribution is -2.55. The largest absolute Gasteiger partial charge is 0.366 e. The Bertz CT molecular complexity index is 2470. The number of ketones is 1. The zero-order valence-electron chi connectivity index (χ0n) is 32.4. The summed E-state index contributed by atoms with van der Waals surface area (Å²) in [6.07, 6.45) is 16.5. The van der Waals surface area contributed by atoms with Crippen LogP contribution in [0.5, 0.6) is 0 Å². The number of fused-ring (bicyclic) bond motifs is 3. The topological polar surface area (TPSA) is 215 Å². The standard InChI is InChI=1S/C42H48N4O9S2/c1-41(2)31-25-29(39(43)48)18-20-33(31)45(22-10-24-56(50,51)52)35(41)13-7-5-11-27-16-17-28(38(27)47)12-6-8-14-36-42(3,4)32-26-30(40(44)49)19-21-34(32)46(36)23-9-15-37(46)57(53,54)55/h5-8,11-14,18-21,25-26,37H,9-10,15-17,22-24H2,1-4H3,(H5-,43,44,48,49,50,51,52,53,54,55)/p+1. The number of carbonyl (C=O) groups excluding carboxylic acids is 3. The van der Waals surface area contributed by atoms with Gasteiger partial charge in [-0.3, -0.25) is 23.5 Å². The highest BCUT2D eigenvalue weighted by Gasteiger charge is 2.62. The molecule has 15 heteroatoms. The Morgan fingerprint density at radius 1 is 0.825 bits per heavy atom. The fourth-order valence-electron chi connectivity index (χ4n) is 9.09. The number of hydrogen-bond acceptors (Lipinski definition) is 8. The van der Waals surface area contributed by atoms with Crippen molar-refractivity contribution in [3.05, 3.63) is 130 Å². The molecule has 4 aliphatic rings. The molecule has 2 fully saturated rings. The first-order chi connectivity index (χ1) is 26.6. The lowest BCUT2D eigenvalue weighted by atomic mass is 9.83. The van der Waals surface area contributed by atoms with Crippen LogP contribution in [-0.2, 0) is 35.9 Å². The lowest BCUT2D eigenvalue weighted by Gasteiger charge is -2.37. The minimum Gasteiger partial charge on any atom is -0.366 e. The van der Waals surface area contributed by atoms with Crippen molar-refractivity contribution >= 4 is 49.2 Å². The van der Waals surface area contributed by atoms with Gasteiger partial charge in [0.15, 0.2) is 5.78 Å². The Morgan fingerprint density at radius 3 is 1.96 bits per heavy atom. The number of carbonyl (C=O) groups is 3. The Hall–Kier alpha value is -4.93. The number of nitrogens with two attached hydrogens (primary N) is 2. The number of rotatable bonds is 11. The smallest absolute Gasteiger partial charge is 0.320 e. The molecule has 3 aliphatic heterocycles. The van der Waals surface area contributed by atoms with E-state index in [-0.39, 0.29) is 23.1 Å². The van der Waals surface area contributed by atoms with Crippen LogP contribution < -0.4 is 20.9 Å². The van der Waals surface area contributed by atoms with Gasteiger partial charge in [-0.15, -0.1) is 0 Å². The molecule has 57 heavy (non-hydrogen) atoms. The molecule has 0 aromatic heterocycles. The number of Topliss-reactive ketones (excluding diaryl/α,β-unsaturated/α-hetero) is 1. The molecular formula is C42H49N4O9S2+. The number of nitrogens with zero attached hydrogens (tertiary/aromatic N) is 2. The van der Waals surface area contributed by atoms with Crippen LogP contribution in [0.4, 0.5) is 11.4 Å². The lowest BCUT2D eigenvalue weighted by molar-refractivity contribution is -0.111. The molecule has 2 amide bonds. The predicted molar refractivity (Wildman–Crippen MR) is 220 cm³/mol. The van der Waals surface area contributed by atoms with E-state index in [9.17, 15) is 40.3 Å². The molecule has 6 rings (SSSR count). The SMILES string of the molecule is CC1(C)C(=CC=CC=C2CCC(=CC=CC=C3C(C)(C)c4cc(C(N)=O)ccc4[N+]34CCCC4S(=O)(=O)O)C2=O)N(CCCS(=O)(=O)O)c2ccc(C(N)=O)cc21. The van der Waals surface area contributed by atoms with Gasteiger partial charge in [-0.1, -0.05) is 50.3 Å². The second-order valence-corrected chi connectivity index (χ2v) is 19.2. The number of quaternary nitrogens is 1. The third kappa shape index (κ3) is 7.74. The van der Waals surface area contributed by atoms with Gasteiger partial charge in [-0.05, 0) is 81.2 Å². The average molecular weight is 818 g/mol. The summed E-state index contributed by atoms with van der Waals surface area (Å²) in [4.78, 5) is 39.4. The number of anilines is 1. The van der Waals surface area contributed by atoms with Crippen molar-refractivity contribution in [3.63, 3.8) is 0 Å². The van der Waals surface area contributed by atoms with Crippen molar-refractivity contribution in [3.8, 4) is 0 Å². The maximum absolute atomic E-state index is 13.4. The number of hydrogen-bond donors (Lipinski definition) is 4. The molecule has 1 aliphatic carbocycles. The fraction of sp³-hybridized carbons (Fsp3) is 0.357. The van der Waals surface area contributed by atoms with Crippen LogP contribution in [0.25, 0.3) is 0 Å². The second kappa shape index (κ2) is 15.1. The fourth-order valence-corrected chi connectivity index (χ4v) is 10.8. The highest BCUT2D eigenvalue weighted by Crippen LogP contribution is 2.57. The number of primary amides is 2. The molecule has 2 unspecified atom stereocenters. The molecule has 302 valence electrons. The Morgan fingerprint density at radius 2 is 1.39 bits per heavy atom. The highest BCUT2D eigenvalue weighted by molar-refractivity contribution is 7.86. The van der Waals surface area contributed by atoms with Gasteiger partial charge >= 0.3 is 10.1 Å². The molecule has 2 aromatic carbocycles. The number of allylic oxidation sites excluding steroid dienone is 12. The first-order valence-corrected chi connectivity index (χ1v) is 21.9. The molecule has 0 bridgehead atoms. The summed E-state index contributed by atoms with van der Waals surface area (Å²) in [5.74, 6) is -1.65. The minimum absolute atomic E-state index is 0.0740. The zero-order valence-corrected chi connectivity index (χ0v) is 34.1. The molecule has 1 spiro atoms. The third-order valence-corrected chi connectivity index (χ3v) is 13.9. The Balaban J connectivity index is 1.24. The number of benzene rings is 2. The summed E-state index contributed by atoms with van der Waals surface area (Å²) in [7, 11) is -8.61. The van der Waals surface area contributed by atoms with E-state index in [0.29, 0.717) is 60.3 Å². The van der Waals surface area contributed by atoms with Crippen LogP contribution in [0, 0.1) is 0 Å². The normalized spacial score (nSPS) is 25.6. The molecule has 3 heterocycles. The Kier molecular flexibility index (Phi) is 11.0. The van der Waals surface area contributed by atoms with Gasteiger partial charge in [-0.25, -0.2) is 4.48 Å². The van der Waals surface area contributed by atoms with Gasteiger partial charge < -0.3 is 16.4 Å². The summed E-state index contributed by atoms with van der Waals surface area (Å²) < 4.78 is 68.1. The monoisotopic (exact) mass is 817 g/mol. The third-order valence-electron chi connectivity index (χ3n) is 11.8. The van der Waals surface area contributed by atoms with Crippen molar-refractivity contribution in [2.24, 2.45) is 11.5 Å². The van der Waals surface area contributed by atoms with E-state index in [1.807, 2.05) is 50.8 Å². The summed E-state index contributed by atoms with van der Waals surface area (Å²) in [5.41, 5.74) is 16.5. The van der Waals surface area contributed by atoms with E-state index in [4.69, 9.17) is 11.5 Å². The number of amides is 2. The van der Waals surface area contributed by atoms with E-state index in [0.717, 1.165) is 28.2 Å². The molecule has 0 radical (unpaired) electrons. The van der Waals surface area contributed by atoms with Crippen molar-refractivity contribution in [2.45, 2.75) is 76.0 Å². The maximum Gasteiger partial charge on any atom is 0.320 e. The van der Waals surface area contributed by atoms with Crippen molar-refractivity contribution < 1.29 is 40.3 Å². The molecule has 1 saturated carbocycles. The van der Waals surface area contributed by atoms with Crippen LogP contribution in [0.2, 0.25) is 0 Å². The maximum atomic E-state index is 13.4. The predicted octanol–water partition coefficient (Wildman–Crippen LogP) is 5.66. The highest BCUT2D eigenvalue weighted by atomic mass is 32.2. The van der Waals surface area contributed by atoms with Crippen LogP contribution in [0.3, 0.4) is 0 Å². The van der Waals surface area contributed by atoms with E-state index in [1.165, 1.54) is 0 Å². The van der Waals surface area contributed by atoms with Crippen molar-refractivity contribution in [2.75, 3.05) is 23.7 Å². The molecule has 2 atom stereocenters. The summed E-state index contributed by atoms with van der Waals surface area (Å²) >= 11 is 0. The van der Waals surface area contributed by atoms with E-state index in [1.54, 1.807) is 66.8 Å². The second-order valence-electron chi connectivity index (χ2n) is 16.0. The van der Waals surface area contributed by atoms with Gasteiger partial charge in [0.1, 0.15) is 11.4 Å². The summed E-state index contributed by atoms with van der Waals surface area (Å²) in [6.45, 7) is 8.63. The molecule has 2 aromatic rings. The molecular weight excluding hydrogens is 769 g/mol. The van der Waals surface area contributed by atoms with Crippen molar-refractivity contribution in [1.29, 1.82) is 0 Å². The first-order valence-electron chi connectivity index (χ1n) is 18.8. The molecule has 13 nitrogen and oxygen atoms in total. The molecule has 6 N–H and O–H groups in total. The Labute approximate surface area is 333 Å². The van der Waals surface area contributed by atoms with Crippen LogP contribution in [-0.4, -0.2) is 67.8 Å². The molecule has 1 saturated heterocycles. The van der Waals surface area contributed by atoms with Gasteiger partial charge in [0.25, 0.3) is 10.1 Å². The summed E-state index contributed by atoms with van der Waals surface area (Å²) in [5, 5.41) is -1.11. The van der Waals surface area contributed by atoms with Crippen LogP contribution in [0.15, 0.2) is 108 Å². The van der Waals surface area contributed by atoms with E-state index < -0.39 is 54.0 Å². The average Bonchev–Trinajstić information content (AvgIpc) is 3.82. The minimum atomic E-state index is -4.46. The van der Waals surface area contributed by atoms with Gasteiger partial charge in [0.2, 0.25) is 17.2 Å². The zero-order chi connectivity index (χ0) is 41.7. The van der Waals surface area contributed by atoms with Gasteiger partial charge in [0, 0.05) is 70.1 Å². The van der Waals surface area contributed by atoms with Crippen LogP contribution >= 0.6 is 0 Å². The van der Waals surface area contributed by atoms with Gasteiger partial charge in [-0.2, -0.15) is 16.8 Å². The van der Waals surface area contributed by atoms with Crippen LogP contribution in [0.1, 0.15) is 91.6 Å².